The maximum atomic E-state index is 12.6. The molecule has 2 unspecified atom stereocenters. The van der Waals surface area contributed by atoms with Crippen molar-refractivity contribution in [3.63, 3.8) is 0 Å². The van der Waals surface area contributed by atoms with Crippen LogP contribution >= 0.6 is 11.8 Å². The maximum absolute atomic E-state index is 12.6. The third kappa shape index (κ3) is 3.43. The summed E-state index contributed by atoms with van der Waals surface area (Å²) in [5.41, 5.74) is 1.06. The van der Waals surface area contributed by atoms with E-state index in [2.05, 4.69) is 0 Å². The molecule has 3 rings (SSSR count). The number of hydrogen-bond donors (Lipinski definition) is 0. The van der Waals surface area contributed by atoms with Crippen molar-refractivity contribution in [2.45, 2.75) is 31.3 Å². The summed E-state index contributed by atoms with van der Waals surface area (Å²) >= 11 is 1.95. The number of ether oxygens (including phenoxy) is 2. The molecular formula is C17H22O3S. The molecule has 4 heteroatoms. The second-order valence-corrected chi connectivity index (χ2v) is 7.12. The molecule has 3 nitrogen and oxygen atoms in total. The fraction of sp³-hybridized carbons (Fsp3) is 0.588. The van der Waals surface area contributed by atoms with E-state index in [-0.39, 0.29) is 11.5 Å². The standard InChI is InChI=1S/C17H22O3S/c1-19-15-4-2-13(3-5-15)10-16(18)14-6-8-20-17(11-14)7-9-21-12-17/h2-5,14H,6-12H2,1H3. The first kappa shape index (κ1) is 14.9. The third-order valence-corrected chi connectivity index (χ3v) is 5.78. The van der Waals surface area contributed by atoms with Gasteiger partial charge in [-0.25, -0.2) is 0 Å². The van der Waals surface area contributed by atoms with Gasteiger partial charge in [0.05, 0.1) is 12.7 Å². The average molecular weight is 306 g/mol. The molecule has 2 fully saturated rings. The van der Waals surface area contributed by atoms with Gasteiger partial charge in [-0.15, -0.1) is 0 Å². The number of rotatable bonds is 4. The van der Waals surface area contributed by atoms with Crippen LogP contribution in [-0.2, 0) is 16.0 Å². The van der Waals surface area contributed by atoms with Gasteiger partial charge >= 0.3 is 0 Å². The van der Waals surface area contributed by atoms with Gasteiger partial charge in [-0.1, -0.05) is 12.1 Å². The van der Waals surface area contributed by atoms with E-state index in [0.717, 1.165) is 42.9 Å². The number of benzene rings is 1. The number of hydrogen-bond acceptors (Lipinski definition) is 4. The van der Waals surface area contributed by atoms with E-state index in [1.54, 1.807) is 7.11 Å². The van der Waals surface area contributed by atoms with Crippen molar-refractivity contribution < 1.29 is 14.3 Å². The van der Waals surface area contributed by atoms with Crippen molar-refractivity contribution in [3.8, 4) is 5.75 Å². The van der Waals surface area contributed by atoms with Gasteiger partial charge < -0.3 is 9.47 Å². The van der Waals surface area contributed by atoms with Crippen molar-refractivity contribution in [2.75, 3.05) is 25.2 Å². The molecule has 2 saturated heterocycles. The number of methoxy groups -OCH3 is 1. The Morgan fingerprint density at radius 2 is 2.24 bits per heavy atom. The van der Waals surface area contributed by atoms with Crippen molar-refractivity contribution in [2.24, 2.45) is 5.92 Å². The fourth-order valence-corrected chi connectivity index (χ4v) is 4.63. The second kappa shape index (κ2) is 6.41. The number of carbonyl (C=O) groups is 1. The maximum Gasteiger partial charge on any atom is 0.140 e. The molecule has 0 aliphatic carbocycles. The van der Waals surface area contributed by atoms with E-state index in [1.165, 1.54) is 5.75 Å². The average Bonchev–Trinajstić information content (AvgIpc) is 2.96. The Bertz CT molecular complexity index is 491. The molecule has 2 atom stereocenters. The summed E-state index contributed by atoms with van der Waals surface area (Å²) in [5, 5.41) is 0. The summed E-state index contributed by atoms with van der Waals surface area (Å²) in [4.78, 5) is 12.6. The highest BCUT2D eigenvalue weighted by Crippen LogP contribution is 2.40. The lowest BCUT2D eigenvalue weighted by molar-refractivity contribution is -0.133. The number of ketones is 1. The predicted molar refractivity (Wildman–Crippen MR) is 85.1 cm³/mol. The van der Waals surface area contributed by atoms with Gasteiger partial charge in [0.2, 0.25) is 0 Å². The van der Waals surface area contributed by atoms with Crippen molar-refractivity contribution >= 4 is 17.5 Å². The molecule has 0 N–H and O–H groups in total. The van der Waals surface area contributed by atoms with E-state index in [0.29, 0.717) is 12.2 Å². The minimum atomic E-state index is -0.0108. The van der Waals surface area contributed by atoms with E-state index in [1.807, 2.05) is 36.0 Å². The SMILES string of the molecule is COc1ccc(CC(=O)C2CCOC3(CCSC3)C2)cc1. The summed E-state index contributed by atoms with van der Waals surface area (Å²) in [6, 6.07) is 7.80. The molecule has 2 aliphatic rings. The molecule has 21 heavy (non-hydrogen) atoms. The fourth-order valence-electron chi connectivity index (χ4n) is 3.25. The van der Waals surface area contributed by atoms with Gasteiger partial charge in [0.25, 0.3) is 0 Å². The molecule has 0 radical (unpaired) electrons. The largest absolute Gasteiger partial charge is 0.497 e. The number of thioether (sulfide) groups is 1. The van der Waals surface area contributed by atoms with Gasteiger partial charge in [-0.3, -0.25) is 4.79 Å². The van der Waals surface area contributed by atoms with Gasteiger partial charge in [-0.05, 0) is 42.7 Å². The lowest BCUT2D eigenvalue weighted by atomic mass is 9.81. The van der Waals surface area contributed by atoms with Crippen LogP contribution in [-0.4, -0.2) is 36.6 Å². The van der Waals surface area contributed by atoms with Crippen LogP contribution in [0.15, 0.2) is 24.3 Å². The summed E-state index contributed by atoms with van der Waals surface area (Å²) in [7, 11) is 1.65. The van der Waals surface area contributed by atoms with E-state index < -0.39 is 0 Å². The Hall–Kier alpha value is -1.00. The van der Waals surface area contributed by atoms with Crippen LogP contribution < -0.4 is 4.74 Å². The number of Topliss-reactive ketones (excluding diaryl/α,β-unsaturated/α-hetero) is 1. The number of carbonyl (C=O) groups excluding carboxylic acids is 1. The zero-order chi connectivity index (χ0) is 14.7. The Labute approximate surface area is 130 Å². The minimum Gasteiger partial charge on any atom is -0.497 e. The molecule has 1 aromatic rings. The lowest BCUT2D eigenvalue weighted by Gasteiger charge is -2.37. The zero-order valence-corrected chi connectivity index (χ0v) is 13.3. The monoisotopic (exact) mass is 306 g/mol. The molecule has 1 aromatic carbocycles. The topological polar surface area (TPSA) is 35.5 Å². The Kier molecular flexibility index (Phi) is 4.55. The zero-order valence-electron chi connectivity index (χ0n) is 12.5. The highest BCUT2D eigenvalue weighted by atomic mass is 32.2. The summed E-state index contributed by atoms with van der Waals surface area (Å²) < 4.78 is 11.1. The first-order valence-electron chi connectivity index (χ1n) is 7.58. The van der Waals surface area contributed by atoms with Gasteiger partial charge in [-0.2, -0.15) is 11.8 Å². The van der Waals surface area contributed by atoms with Crippen molar-refractivity contribution in [1.29, 1.82) is 0 Å². The normalized spacial score (nSPS) is 28.7. The third-order valence-electron chi connectivity index (χ3n) is 4.55. The molecular weight excluding hydrogens is 284 g/mol. The van der Waals surface area contributed by atoms with Crippen LogP contribution in [0.5, 0.6) is 5.75 Å². The van der Waals surface area contributed by atoms with Crippen molar-refractivity contribution in [1.82, 2.24) is 0 Å². The van der Waals surface area contributed by atoms with Crippen LogP contribution in [0.2, 0.25) is 0 Å². The highest BCUT2D eigenvalue weighted by molar-refractivity contribution is 7.99. The first-order valence-corrected chi connectivity index (χ1v) is 8.74. The summed E-state index contributed by atoms with van der Waals surface area (Å²) in [6.07, 6.45) is 3.41. The van der Waals surface area contributed by atoms with Crippen LogP contribution in [0.4, 0.5) is 0 Å². The minimum absolute atomic E-state index is 0.0108. The first-order chi connectivity index (χ1) is 10.2. The Morgan fingerprint density at radius 1 is 1.43 bits per heavy atom. The smallest absolute Gasteiger partial charge is 0.140 e. The molecule has 0 aromatic heterocycles. The summed E-state index contributed by atoms with van der Waals surface area (Å²) in [6.45, 7) is 0.736. The molecule has 2 aliphatic heterocycles. The van der Waals surface area contributed by atoms with E-state index in [4.69, 9.17) is 9.47 Å². The lowest BCUT2D eigenvalue weighted by Crippen LogP contribution is -2.42. The van der Waals surface area contributed by atoms with E-state index in [9.17, 15) is 4.79 Å². The van der Waals surface area contributed by atoms with Crippen LogP contribution in [0.1, 0.15) is 24.8 Å². The van der Waals surface area contributed by atoms with Gasteiger partial charge in [0.15, 0.2) is 0 Å². The van der Waals surface area contributed by atoms with E-state index >= 15 is 0 Å². The highest BCUT2D eigenvalue weighted by Gasteiger charge is 2.42. The molecule has 1 spiro atoms. The second-order valence-electron chi connectivity index (χ2n) is 6.01. The van der Waals surface area contributed by atoms with Gasteiger partial charge in [0.1, 0.15) is 11.5 Å². The molecule has 2 heterocycles. The van der Waals surface area contributed by atoms with Gasteiger partial charge in [0, 0.05) is 24.7 Å². The molecule has 0 amide bonds. The van der Waals surface area contributed by atoms with Crippen LogP contribution in [0, 0.1) is 5.92 Å². The predicted octanol–water partition coefficient (Wildman–Crippen LogP) is 3.11. The van der Waals surface area contributed by atoms with Crippen molar-refractivity contribution in [3.05, 3.63) is 29.8 Å². The Morgan fingerprint density at radius 3 is 2.90 bits per heavy atom. The Balaban J connectivity index is 1.61. The molecule has 0 bridgehead atoms. The van der Waals surface area contributed by atoms with Crippen LogP contribution in [0.25, 0.3) is 0 Å². The molecule has 114 valence electrons. The molecule has 0 saturated carbocycles. The van der Waals surface area contributed by atoms with Crippen LogP contribution in [0.3, 0.4) is 0 Å². The summed E-state index contributed by atoms with van der Waals surface area (Å²) in [5.74, 6) is 3.58. The quantitative estimate of drug-likeness (QED) is 0.856.